The van der Waals surface area contributed by atoms with Gasteiger partial charge in [-0.3, -0.25) is 4.79 Å². The molecule has 0 aliphatic heterocycles. The molecule has 0 rings (SSSR count). The SMILES string of the molecule is [2H]OC(=O)C([2H])C([2H])([2H])C([2H])N([2H])C(C)(C)C. The van der Waals surface area contributed by atoms with E-state index in [1.807, 2.05) is 0 Å². The molecule has 3 nitrogen and oxygen atoms in total. The van der Waals surface area contributed by atoms with Crippen LogP contribution in [0.3, 0.4) is 0 Å². The Morgan fingerprint density at radius 2 is 2.45 bits per heavy atom. The van der Waals surface area contributed by atoms with Crippen LogP contribution in [0.1, 0.15) is 39.0 Å². The largest absolute Gasteiger partial charge is 0.481 e. The smallest absolute Gasteiger partial charge is 0.303 e. The van der Waals surface area contributed by atoms with Crippen molar-refractivity contribution in [3.05, 3.63) is 0 Å². The Balaban J connectivity index is 4.99. The standard InChI is InChI=1S/C8H17NO2/c1-8(2,3)9-6-4-5-7(10)11/h9H,4-6H2,1-3H3,(H,10,11)/i4D2,5D,6D/hD2. The summed E-state index contributed by atoms with van der Waals surface area (Å²) >= 11 is 0. The van der Waals surface area contributed by atoms with Crippen molar-refractivity contribution in [3.63, 3.8) is 0 Å². The summed E-state index contributed by atoms with van der Waals surface area (Å²) in [5.74, 6) is -1.38. The molecule has 2 atom stereocenters. The Bertz CT molecular complexity index is 280. The number of hydrogen-bond donors (Lipinski definition) is 2. The third kappa shape index (κ3) is 9.43. The number of hydrogen-bond acceptors (Lipinski definition) is 3. The fourth-order valence-corrected chi connectivity index (χ4v) is 0.336. The summed E-state index contributed by atoms with van der Waals surface area (Å²) in [6.07, 6.45) is -4.63. The van der Waals surface area contributed by atoms with Gasteiger partial charge in [-0.05, 0) is 33.7 Å². The lowest BCUT2D eigenvalue weighted by atomic mass is 10.1. The van der Waals surface area contributed by atoms with E-state index in [4.69, 9.17) is 8.33 Å². The van der Waals surface area contributed by atoms with E-state index in [9.17, 15) is 4.79 Å². The van der Waals surface area contributed by atoms with Crippen molar-refractivity contribution < 1.29 is 16.8 Å². The molecule has 0 heterocycles. The number of carboxylic acid groups (broad SMARTS) is 1. The van der Waals surface area contributed by atoms with Crippen molar-refractivity contribution in [3.8, 4) is 0 Å². The maximum atomic E-state index is 10.9. The minimum absolute atomic E-state index is 0.672. The second kappa shape index (κ2) is 4.34. The Morgan fingerprint density at radius 3 is 2.91 bits per heavy atom. The van der Waals surface area contributed by atoms with E-state index in [2.05, 4.69) is 5.11 Å². The summed E-state index contributed by atoms with van der Waals surface area (Å²) < 4.78 is 43.9. The molecule has 3 heteroatoms. The predicted octanol–water partition coefficient (Wildman–Crippen LogP) is 1.24. The molecule has 0 bridgehead atoms. The molecule has 0 radical (unpaired) electrons. The van der Waals surface area contributed by atoms with Gasteiger partial charge in [-0.15, -0.1) is 0 Å². The number of aliphatic carboxylic acids is 1. The summed E-state index contributed by atoms with van der Waals surface area (Å²) in [6.45, 7) is 3.10. The first-order valence-electron chi connectivity index (χ1n) is 6.27. The molecular weight excluding hydrogens is 142 g/mol. The second-order valence-electron chi connectivity index (χ2n) is 3.06. The van der Waals surface area contributed by atoms with Gasteiger partial charge in [-0.2, -0.15) is 0 Å². The van der Waals surface area contributed by atoms with Gasteiger partial charge in [-0.1, -0.05) is 0 Å². The average Bonchev–Trinajstić information content (AvgIpc) is 2.23. The molecule has 0 aliphatic carbocycles. The lowest BCUT2D eigenvalue weighted by molar-refractivity contribution is -0.137. The van der Waals surface area contributed by atoms with Gasteiger partial charge < -0.3 is 10.4 Å². The van der Waals surface area contributed by atoms with Crippen LogP contribution in [0, 0.1) is 0 Å². The van der Waals surface area contributed by atoms with Gasteiger partial charge in [0.15, 0.2) is 0 Å². The normalized spacial score (nSPS) is 26.5. The minimum atomic E-state index is -2.60. The summed E-state index contributed by atoms with van der Waals surface area (Å²) in [5.41, 5.74) is -0.801. The van der Waals surface area contributed by atoms with Crippen molar-refractivity contribution in [2.45, 2.75) is 39.1 Å². The first kappa shape index (κ1) is 3.90. The minimum Gasteiger partial charge on any atom is -0.481 e. The van der Waals surface area contributed by atoms with Crippen LogP contribution < -0.4 is 5.31 Å². The molecule has 0 aromatic carbocycles. The summed E-state index contributed by atoms with van der Waals surface area (Å²) in [7, 11) is 0. The number of rotatable bonds is 4. The van der Waals surface area contributed by atoms with E-state index in [1.54, 1.807) is 20.8 Å². The summed E-state index contributed by atoms with van der Waals surface area (Å²) in [6, 6.07) is 0. The first-order chi connectivity index (χ1) is 7.46. The highest BCUT2D eigenvalue weighted by molar-refractivity contribution is 5.66. The fourth-order valence-electron chi connectivity index (χ4n) is 0.336. The van der Waals surface area contributed by atoms with E-state index >= 15 is 0 Å². The van der Waals surface area contributed by atoms with E-state index in [0.717, 1.165) is 0 Å². The molecule has 66 valence electrons. The van der Waals surface area contributed by atoms with Crippen LogP contribution in [0.15, 0.2) is 0 Å². The van der Waals surface area contributed by atoms with Crippen molar-refractivity contribution in [2.75, 3.05) is 6.52 Å². The number of carbonyl (C=O) groups is 1. The van der Waals surface area contributed by atoms with Crippen molar-refractivity contribution in [2.24, 2.45) is 0 Å². The third-order valence-corrected chi connectivity index (χ3v) is 0.728. The van der Waals surface area contributed by atoms with Crippen LogP contribution in [0.5, 0.6) is 0 Å². The maximum absolute atomic E-state index is 10.9. The van der Waals surface area contributed by atoms with Crippen molar-refractivity contribution in [1.82, 2.24) is 5.31 Å². The van der Waals surface area contributed by atoms with Gasteiger partial charge in [0, 0.05) is 17.4 Å². The summed E-state index contributed by atoms with van der Waals surface area (Å²) in [4.78, 5) is 10.9. The topological polar surface area (TPSA) is 49.3 Å². The van der Waals surface area contributed by atoms with E-state index in [1.165, 1.54) is 0 Å². The fraction of sp³-hybridized carbons (Fsp3) is 0.875. The molecule has 0 aromatic rings. The number of carboxylic acids is 1. The molecule has 0 aliphatic rings. The molecule has 2 N–H and O–H groups in total. The molecule has 11 heavy (non-hydrogen) atoms. The zero-order chi connectivity index (χ0) is 14.0. The van der Waals surface area contributed by atoms with Crippen LogP contribution >= 0.6 is 0 Å². The predicted molar refractivity (Wildman–Crippen MR) is 44.6 cm³/mol. The van der Waals surface area contributed by atoms with Crippen LogP contribution in [0.2, 0.25) is 1.41 Å². The molecule has 0 amide bonds. The lowest BCUT2D eigenvalue weighted by Gasteiger charge is -2.19. The molecule has 0 fully saturated rings. The molecule has 0 aromatic heterocycles. The van der Waals surface area contributed by atoms with E-state index in [-0.39, 0.29) is 0 Å². The zero-order valence-electron chi connectivity index (χ0n) is 12.9. The molecule has 0 saturated heterocycles. The monoisotopic (exact) mass is 165 g/mol. The quantitative estimate of drug-likeness (QED) is 0.659. The van der Waals surface area contributed by atoms with Crippen LogP contribution in [-0.4, -0.2) is 23.1 Å². The van der Waals surface area contributed by atoms with Gasteiger partial charge in [0.25, 0.3) is 1.43 Å². The molecule has 0 spiro atoms. The van der Waals surface area contributed by atoms with Gasteiger partial charge in [0.05, 0.1) is 0 Å². The maximum Gasteiger partial charge on any atom is 0.303 e. The molecule has 2 unspecified atom stereocenters. The van der Waals surface area contributed by atoms with E-state index < -0.39 is 30.8 Å². The van der Waals surface area contributed by atoms with Gasteiger partial charge in [0.1, 0.15) is 1.41 Å². The Labute approximate surface area is 76.4 Å². The van der Waals surface area contributed by atoms with Gasteiger partial charge >= 0.3 is 5.97 Å². The lowest BCUT2D eigenvalue weighted by Crippen LogP contribution is -2.36. The molecular formula is C8H17NO2. The van der Waals surface area contributed by atoms with Crippen molar-refractivity contribution in [1.29, 1.82) is 1.43 Å². The second-order valence-corrected chi connectivity index (χ2v) is 3.06. The summed E-state index contributed by atoms with van der Waals surface area (Å²) in [5, 5.41) is 4.21. The van der Waals surface area contributed by atoms with E-state index in [0.29, 0.717) is 5.31 Å². The third-order valence-electron chi connectivity index (χ3n) is 0.728. The van der Waals surface area contributed by atoms with Crippen LogP contribution in [0.25, 0.3) is 1.43 Å². The van der Waals surface area contributed by atoms with Gasteiger partial charge in [0.2, 0.25) is 0 Å². The highest BCUT2D eigenvalue weighted by Crippen LogP contribution is 1.98. The average molecular weight is 165 g/mol. The Kier molecular flexibility index (Phi) is 1.54. The number of nitrogens with one attached hydrogen (secondary N) is 1. The Morgan fingerprint density at radius 1 is 1.82 bits per heavy atom. The van der Waals surface area contributed by atoms with Crippen molar-refractivity contribution >= 4 is 5.97 Å². The highest BCUT2D eigenvalue weighted by Gasteiger charge is 2.07. The van der Waals surface area contributed by atoms with Gasteiger partial charge in [-0.25, -0.2) is 0 Å². The van der Waals surface area contributed by atoms with Crippen LogP contribution in [-0.2, 0) is 4.79 Å². The Hall–Kier alpha value is -0.570. The van der Waals surface area contributed by atoms with Crippen LogP contribution in [0.4, 0.5) is 0 Å². The first-order valence-corrected chi connectivity index (χ1v) is 3.26. The zero-order valence-corrected chi connectivity index (χ0v) is 6.92. The highest BCUT2D eigenvalue weighted by atomic mass is 16.4. The molecule has 0 saturated carbocycles.